The Kier molecular flexibility index (Phi) is 6.01. The molecule has 1 amide bonds. The van der Waals surface area contributed by atoms with E-state index in [4.69, 9.17) is 11.6 Å². The van der Waals surface area contributed by atoms with Gasteiger partial charge in [0, 0.05) is 22.8 Å². The van der Waals surface area contributed by atoms with Crippen molar-refractivity contribution >= 4 is 29.4 Å². The Labute approximate surface area is 157 Å². The third-order valence-corrected chi connectivity index (χ3v) is 3.99. The van der Waals surface area contributed by atoms with E-state index in [1.165, 1.54) is 5.56 Å². The highest BCUT2D eigenvalue weighted by atomic mass is 35.5. The van der Waals surface area contributed by atoms with Crippen LogP contribution in [0.5, 0.6) is 0 Å². The minimum atomic E-state index is -0.259. The van der Waals surface area contributed by atoms with Gasteiger partial charge in [-0.1, -0.05) is 54.1 Å². The lowest BCUT2D eigenvalue weighted by molar-refractivity contribution is 0.0955. The number of benzene rings is 3. The molecule has 0 aliphatic rings. The molecule has 0 unspecified atom stereocenters. The van der Waals surface area contributed by atoms with Crippen LogP contribution in [-0.2, 0) is 6.54 Å². The molecule has 2 N–H and O–H groups in total. The van der Waals surface area contributed by atoms with Crippen LogP contribution < -0.4 is 10.7 Å². The molecule has 0 saturated heterocycles. The molecule has 4 nitrogen and oxygen atoms in total. The van der Waals surface area contributed by atoms with E-state index in [1.807, 2.05) is 42.5 Å². The Balaban J connectivity index is 1.52. The van der Waals surface area contributed by atoms with Gasteiger partial charge in [0.2, 0.25) is 0 Å². The van der Waals surface area contributed by atoms with Crippen LogP contribution >= 0.6 is 11.6 Å². The lowest BCUT2D eigenvalue weighted by atomic mass is 10.2. The molecule has 5 heteroatoms. The lowest BCUT2D eigenvalue weighted by Gasteiger charge is -2.07. The number of carbonyl (C=O) groups is 1. The molecule has 130 valence electrons. The number of anilines is 1. The van der Waals surface area contributed by atoms with E-state index in [2.05, 4.69) is 28.0 Å². The highest BCUT2D eigenvalue weighted by Crippen LogP contribution is 2.11. The fourth-order valence-electron chi connectivity index (χ4n) is 2.32. The molecule has 3 rings (SSSR count). The molecule has 0 atom stereocenters. The van der Waals surface area contributed by atoms with E-state index in [-0.39, 0.29) is 5.91 Å². The SMILES string of the molecule is O=C(N/N=C\c1ccc(Cl)cc1)c1ccc(NCc2ccccc2)cc1. The predicted octanol–water partition coefficient (Wildman–Crippen LogP) is 4.72. The smallest absolute Gasteiger partial charge is 0.271 e. The van der Waals surface area contributed by atoms with Gasteiger partial charge >= 0.3 is 0 Å². The maximum atomic E-state index is 12.1. The topological polar surface area (TPSA) is 53.5 Å². The zero-order valence-electron chi connectivity index (χ0n) is 14.0. The summed E-state index contributed by atoms with van der Waals surface area (Å²) >= 11 is 5.83. The first kappa shape index (κ1) is 17.7. The maximum Gasteiger partial charge on any atom is 0.271 e. The van der Waals surface area contributed by atoms with Gasteiger partial charge < -0.3 is 5.32 Å². The molecule has 0 heterocycles. The van der Waals surface area contributed by atoms with E-state index in [0.29, 0.717) is 10.6 Å². The van der Waals surface area contributed by atoms with Crippen LogP contribution in [0.3, 0.4) is 0 Å². The first-order valence-corrected chi connectivity index (χ1v) is 8.55. The van der Waals surface area contributed by atoms with Crippen LogP contribution in [0.2, 0.25) is 5.02 Å². The normalized spacial score (nSPS) is 10.7. The summed E-state index contributed by atoms with van der Waals surface area (Å²) in [4.78, 5) is 12.1. The second-order valence-electron chi connectivity index (χ2n) is 5.67. The monoisotopic (exact) mass is 363 g/mol. The van der Waals surface area contributed by atoms with Crippen molar-refractivity contribution in [2.75, 3.05) is 5.32 Å². The average Bonchev–Trinajstić information content (AvgIpc) is 2.69. The standard InChI is InChI=1S/C21H18ClN3O/c22-19-10-6-17(7-11-19)15-24-25-21(26)18-8-12-20(13-9-18)23-14-16-4-2-1-3-5-16/h1-13,15,23H,14H2,(H,25,26)/b24-15-. The second-order valence-corrected chi connectivity index (χ2v) is 6.10. The fraction of sp³-hybridized carbons (Fsp3) is 0.0476. The van der Waals surface area contributed by atoms with Crippen molar-refractivity contribution in [3.8, 4) is 0 Å². The zero-order chi connectivity index (χ0) is 18.2. The van der Waals surface area contributed by atoms with Crippen LogP contribution in [0.15, 0.2) is 84.0 Å². The van der Waals surface area contributed by atoms with Crippen molar-refractivity contribution in [1.82, 2.24) is 5.43 Å². The summed E-state index contributed by atoms with van der Waals surface area (Å²) in [5, 5.41) is 7.95. The number of hydrazone groups is 1. The number of hydrogen-bond acceptors (Lipinski definition) is 3. The lowest BCUT2D eigenvalue weighted by Crippen LogP contribution is -2.17. The number of hydrogen-bond donors (Lipinski definition) is 2. The summed E-state index contributed by atoms with van der Waals surface area (Å²) < 4.78 is 0. The first-order valence-electron chi connectivity index (χ1n) is 8.17. The Hall–Kier alpha value is -3.11. The van der Waals surface area contributed by atoms with Gasteiger partial charge in [-0.25, -0.2) is 5.43 Å². The molecule has 0 bridgehead atoms. The molecular weight excluding hydrogens is 346 g/mol. The highest BCUT2D eigenvalue weighted by molar-refractivity contribution is 6.30. The molecule has 0 aliphatic carbocycles. The number of halogens is 1. The average molecular weight is 364 g/mol. The van der Waals surface area contributed by atoms with E-state index in [9.17, 15) is 4.79 Å². The summed E-state index contributed by atoms with van der Waals surface area (Å²) in [6.07, 6.45) is 1.57. The van der Waals surface area contributed by atoms with Crippen LogP contribution in [0.1, 0.15) is 21.5 Å². The third kappa shape index (κ3) is 5.19. The molecule has 0 aromatic heterocycles. The number of amides is 1. The zero-order valence-corrected chi connectivity index (χ0v) is 14.8. The summed E-state index contributed by atoms with van der Waals surface area (Å²) in [5.74, 6) is -0.259. The minimum Gasteiger partial charge on any atom is -0.381 e. The quantitative estimate of drug-likeness (QED) is 0.492. The molecular formula is C21H18ClN3O. The van der Waals surface area contributed by atoms with Crippen LogP contribution in [0, 0.1) is 0 Å². The molecule has 0 fully saturated rings. The first-order chi connectivity index (χ1) is 12.7. The van der Waals surface area contributed by atoms with Gasteiger partial charge in [-0.15, -0.1) is 0 Å². The van der Waals surface area contributed by atoms with Gasteiger partial charge in [-0.2, -0.15) is 5.10 Å². The van der Waals surface area contributed by atoms with Crippen LogP contribution in [-0.4, -0.2) is 12.1 Å². The van der Waals surface area contributed by atoms with E-state index in [1.54, 1.807) is 30.5 Å². The van der Waals surface area contributed by atoms with Crippen LogP contribution in [0.4, 0.5) is 5.69 Å². The Morgan fingerprint density at radius 2 is 1.62 bits per heavy atom. The van der Waals surface area contributed by atoms with Crippen molar-refractivity contribution in [2.45, 2.75) is 6.54 Å². The number of nitrogens with one attached hydrogen (secondary N) is 2. The Morgan fingerprint density at radius 1 is 0.923 bits per heavy atom. The van der Waals surface area contributed by atoms with Gasteiger partial charge in [-0.3, -0.25) is 4.79 Å². The Bertz CT molecular complexity index is 875. The van der Waals surface area contributed by atoms with Gasteiger partial charge in [0.05, 0.1) is 6.21 Å². The van der Waals surface area contributed by atoms with Gasteiger partial charge in [0.15, 0.2) is 0 Å². The maximum absolute atomic E-state index is 12.1. The van der Waals surface area contributed by atoms with E-state index in [0.717, 1.165) is 17.8 Å². The van der Waals surface area contributed by atoms with Gasteiger partial charge in [0.1, 0.15) is 0 Å². The molecule has 0 aliphatic heterocycles. The second kappa shape index (κ2) is 8.83. The molecule has 26 heavy (non-hydrogen) atoms. The summed E-state index contributed by atoms with van der Waals surface area (Å²) in [5.41, 5.74) is 6.07. The van der Waals surface area contributed by atoms with E-state index >= 15 is 0 Å². The van der Waals surface area contributed by atoms with Crippen molar-refractivity contribution < 1.29 is 4.79 Å². The van der Waals surface area contributed by atoms with Crippen molar-refractivity contribution in [2.24, 2.45) is 5.10 Å². The molecule has 3 aromatic carbocycles. The molecule has 0 radical (unpaired) electrons. The van der Waals surface area contributed by atoms with Gasteiger partial charge in [-0.05, 0) is 47.5 Å². The Morgan fingerprint density at radius 3 is 2.31 bits per heavy atom. The largest absolute Gasteiger partial charge is 0.381 e. The van der Waals surface area contributed by atoms with Crippen LogP contribution in [0.25, 0.3) is 0 Å². The number of nitrogens with zero attached hydrogens (tertiary/aromatic N) is 1. The number of rotatable bonds is 6. The van der Waals surface area contributed by atoms with Gasteiger partial charge in [0.25, 0.3) is 5.91 Å². The fourth-order valence-corrected chi connectivity index (χ4v) is 2.44. The summed E-state index contributed by atoms with van der Waals surface area (Å²) in [6, 6.07) is 24.6. The number of carbonyl (C=O) groups excluding carboxylic acids is 1. The van der Waals surface area contributed by atoms with Crippen molar-refractivity contribution in [3.63, 3.8) is 0 Å². The van der Waals surface area contributed by atoms with E-state index < -0.39 is 0 Å². The minimum absolute atomic E-state index is 0.259. The predicted molar refractivity (Wildman–Crippen MR) is 107 cm³/mol. The highest BCUT2D eigenvalue weighted by Gasteiger charge is 2.04. The molecule has 3 aromatic rings. The summed E-state index contributed by atoms with van der Waals surface area (Å²) in [6.45, 7) is 0.734. The van der Waals surface area contributed by atoms with Crippen molar-refractivity contribution in [3.05, 3.63) is 101 Å². The van der Waals surface area contributed by atoms with Crippen molar-refractivity contribution in [1.29, 1.82) is 0 Å². The third-order valence-electron chi connectivity index (χ3n) is 3.74. The molecule has 0 saturated carbocycles. The summed E-state index contributed by atoms with van der Waals surface area (Å²) in [7, 11) is 0. The molecule has 0 spiro atoms.